The molecule has 3 aromatic rings. The van der Waals surface area contributed by atoms with Gasteiger partial charge in [-0.3, -0.25) is 4.98 Å². The molecule has 0 unspecified atom stereocenters. The number of carboxylic acid groups (broad SMARTS) is 1. The van der Waals surface area contributed by atoms with Crippen LogP contribution in [0, 0.1) is 11.3 Å². The smallest absolute Gasteiger partial charge is 0.407 e. The third-order valence-electron chi connectivity index (χ3n) is 5.15. The van der Waals surface area contributed by atoms with Crippen molar-refractivity contribution in [3.63, 3.8) is 0 Å². The van der Waals surface area contributed by atoms with Gasteiger partial charge >= 0.3 is 12.1 Å². The van der Waals surface area contributed by atoms with Crippen LogP contribution in [0.15, 0.2) is 60.9 Å². The number of hydrogen-bond donors (Lipinski definition) is 2. The Hall–Kier alpha value is -4.25. The van der Waals surface area contributed by atoms with Crippen LogP contribution in [-0.4, -0.2) is 39.8 Å². The maximum absolute atomic E-state index is 12.4. The molecule has 0 radical (unpaired) electrons. The summed E-state index contributed by atoms with van der Waals surface area (Å²) >= 11 is 0. The number of benzene rings is 2. The molecular weight excluding hydrogens is 396 g/mol. The minimum Gasteiger partial charge on any atom is -0.480 e. The zero-order valence-electron chi connectivity index (χ0n) is 16.4. The van der Waals surface area contributed by atoms with Crippen LogP contribution in [0.4, 0.5) is 4.79 Å². The molecule has 0 fully saturated rings. The average Bonchev–Trinajstić information content (AvgIpc) is 3.11. The normalized spacial score (nSPS) is 12.9. The zero-order chi connectivity index (χ0) is 21.8. The van der Waals surface area contributed by atoms with Gasteiger partial charge in [0, 0.05) is 18.5 Å². The van der Waals surface area contributed by atoms with E-state index in [9.17, 15) is 14.7 Å². The summed E-state index contributed by atoms with van der Waals surface area (Å²) in [5.74, 6) is -1.36. The molecule has 0 saturated heterocycles. The summed E-state index contributed by atoms with van der Waals surface area (Å²) < 4.78 is 5.40. The average molecular weight is 414 g/mol. The maximum Gasteiger partial charge on any atom is 0.407 e. The van der Waals surface area contributed by atoms with Crippen molar-refractivity contribution in [3.05, 3.63) is 83.4 Å². The molecule has 1 atom stereocenters. The van der Waals surface area contributed by atoms with Crippen LogP contribution < -0.4 is 5.32 Å². The Balaban J connectivity index is 1.43. The van der Waals surface area contributed by atoms with Crippen molar-refractivity contribution in [3.8, 4) is 17.2 Å². The Morgan fingerprint density at radius 1 is 1.10 bits per heavy atom. The number of nitrogens with zero attached hydrogens (tertiary/aromatic N) is 3. The van der Waals surface area contributed by atoms with E-state index in [-0.39, 0.29) is 30.3 Å². The van der Waals surface area contributed by atoms with Crippen LogP contribution >= 0.6 is 0 Å². The fourth-order valence-corrected chi connectivity index (χ4v) is 3.75. The van der Waals surface area contributed by atoms with E-state index in [1.54, 1.807) is 0 Å². The Labute approximate surface area is 178 Å². The van der Waals surface area contributed by atoms with E-state index in [1.165, 1.54) is 12.4 Å². The first kappa shape index (κ1) is 20.0. The quantitative estimate of drug-likeness (QED) is 0.635. The van der Waals surface area contributed by atoms with Crippen molar-refractivity contribution in [1.29, 1.82) is 5.26 Å². The number of carbonyl (C=O) groups excluding carboxylic acids is 1. The van der Waals surface area contributed by atoms with Crippen molar-refractivity contribution in [2.24, 2.45) is 0 Å². The summed E-state index contributed by atoms with van der Waals surface area (Å²) in [5, 5.41) is 20.7. The van der Waals surface area contributed by atoms with Crippen LogP contribution in [0.1, 0.15) is 28.4 Å². The minimum atomic E-state index is -1.26. The molecule has 1 aromatic heterocycles. The van der Waals surface area contributed by atoms with Crippen molar-refractivity contribution in [2.45, 2.75) is 18.4 Å². The van der Waals surface area contributed by atoms with Gasteiger partial charge < -0.3 is 15.2 Å². The highest BCUT2D eigenvalue weighted by molar-refractivity contribution is 5.81. The van der Waals surface area contributed by atoms with Crippen LogP contribution in [0.3, 0.4) is 0 Å². The Morgan fingerprint density at radius 3 is 2.35 bits per heavy atom. The van der Waals surface area contributed by atoms with E-state index >= 15 is 0 Å². The molecule has 0 bridgehead atoms. The lowest BCUT2D eigenvalue weighted by Crippen LogP contribution is -2.43. The molecule has 1 amide bonds. The lowest BCUT2D eigenvalue weighted by molar-refractivity contribution is -0.139. The van der Waals surface area contributed by atoms with E-state index in [1.807, 2.05) is 54.6 Å². The number of rotatable bonds is 6. The Bertz CT molecular complexity index is 1140. The predicted molar refractivity (Wildman–Crippen MR) is 110 cm³/mol. The van der Waals surface area contributed by atoms with Gasteiger partial charge in [0.15, 0.2) is 5.69 Å². The van der Waals surface area contributed by atoms with Gasteiger partial charge in [-0.2, -0.15) is 5.26 Å². The molecule has 2 aromatic carbocycles. The van der Waals surface area contributed by atoms with E-state index in [4.69, 9.17) is 10.00 Å². The molecule has 0 aliphatic heterocycles. The first-order valence-electron chi connectivity index (χ1n) is 9.62. The summed E-state index contributed by atoms with van der Waals surface area (Å²) in [4.78, 5) is 31.8. The predicted octanol–water partition coefficient (Wildman–Crippen LogP) is 2.88. The molecule has 1 aliphatic rings. The molecule has 8 heteroatoms. The summed E-state index contributed by atoms with van der Waals surface area (Å²) in [6, 6.07) is 16.5. The van der Waals surface area contributed by atoms with Crippen LogP contribution in [-0.2, 0) is 16.0 Å². The maximum atomic E-state index is 12.4. The summed E-state index contributed by atoms with van der Waals surface area (Å²) in [7, 11) is 0. The number of nitriles is 1. The van der Waals surface area contributed by atoms with E-state index in [0.717, 1.165) is 22.3 Å². The van der Waals surface area contributed by atoms with Crippen molar-refractivity contribution >= 4 is 12.1 Å². The minimum absolute atomic E-state index is 0.0720. The SMILES string of the molecule is N#Cc1cncc(C[C@H](NC(=O)OCC2c3ccccc3-c3ccccc32)C(=O)O)n1. The number of amides is 1. The molecular formula is C23H18N4O4. The van der Waals surface area contributed by atoms with Gasteiger partial charge in [0.2, 0.25) is 0 Å². The molecule has 4 rings (SSSR count). The van der Waals surface area contributed by atoms with Crippen LogP contribution in [0.5, 0.6) is 0 Å². The summed E-state index contributed by atoms with van der Waals surface area (Å²) in [5.41, 5.74) is 4.69. The monoisotopic (exact) mass is 414 g/mol. The highest BCUT2D eigenvalue weighted by Gasteiger charge is 2.29. The summed E-state index contributed by atoms with van der Waals surface area (Å²) in [6.45, 7) is 0.0793. The number of nitrogens with one attached hydrogen (secondary N) is 1. The molecule has 1 aliphatic carbocycles. The Morgan fingerprint density at radius 2 is 1.74 bits per heavy atom. The van der Waals surface area contributed by atoms with Crippen molar-refractivity contribution in [1.82, 2.24) is 15.3 Å². The summed E-state index contributed by atoms with van der Waals surface area (Å²) in [6.07, 6.45) is 1.68. The largest absolute Gasteiger partial charge is 0.480 e. The third-order valence-corrected chi connectivity index (χ3v) is 5.15. The number of ether oxygens (including phenoxy) is 1. The number of aliphatic carboxylic acids is 1. The van der Waals surface area contributed by atoms with E-state index < -0.39 is 18.1 Å². The fourth-order valence-electron chi connectivity index (χ4n) is 3.75. The standard InChI is InChI=1S/C23H18N4O4/c24-10-15-12-25-11-14(26-15)9-21(22(28)29)27-23(30)31-13-20-18-7-3-1-5-16(18)17-6-2-4-8-19(17)20/h1-8,11-12,20-21H,9,13H2,(H,27,30)(H,28,29)/t21-/m0/s1. The van der Waals surface area contributed by atoms with E-state index in [0.29, 0.717) is 0 Å². The van der Waals surface area contributed by atoms with Gasteiger partial charge in [0.1, 0.15) is 18.7 Å². The first-order chi connectivity index (χ1) is 15.1. The van der Waals surface area contributed by atoms with Gasteiger partial charge in [-0.25, -0.2) is 14.6 Å². The number of alkyl carbamates (subject to hydrolysis) is 1. The second-order valence-corrected chi connectivity index (χ2v) is 7.07. The van der Waals surface area contributed by atoms with Crippen LogP contribution in [0.25, 0.3) is 11.1 Å². The number of carbonyl (C=O) groups is 2. The van der Waals surface area contributed by atoms with Crippen LogP contribution in [0.2, 0.25) is 0 Å². The zero-order valence-corrected chi connectivity index (χ0v) is 16.4. The Kier molecular flexibility index (Phi) is 5.58. The number of fused-ring (bicyclic) bond motifs is 3. The molecule has 31 heavy (non-hydrogen) atoms. The lowest BCUT2D eigenvalue weighted by atomic mass is 9.98. The lowest BCUT2D eigenvalue weighted by Gasteiger charge is -2.17. The van der Waals surface area contributed by atoms with Gasteiger partial charge in [-0.05, 0) is 22.3 Å². The van der Waals surface area contributed by atoms with Crippen molar-refractivity contribution in [2.75, 3.05) is 6.61 Å². The highest BCUT2D eigenvalue weighted by Crippen LogP contribution is 2.44. The topological polar surface area (TPSA) is 125 Å². The van der Waals surface area contributed by atoms with E-state index in [2.05, 4.69) is 15.3 Å². The van der Waals surface area contributed by atoms with Gasteiger partial charge in [0.05, 0.1) is 11.9 Å². The second kappa shape index (κ2) is 8.63. The molecule has 0 saturated carbocycles. The third kappa shape index (κ3) is 4.21. The fraction of sp³-hybridized carbons (Fsp3) is 0.174. The van der Waals surface area contributed by atoms with Gasteiger partial charge in [-0.15, -0.1) is 0 Å². The van der Waals surface area contributed by atoms with Gasteiger partial charge in [-0.1, -0.05) is 48.5 Å². The molecule has 0 spiro atoms. The number of aromatic nitrogens is 2. The van der Waals surface area contributed by atoms with Crippen molar-refractivity contribution < 1.29 is 19.4 Å². The van der Waals surface area contributed by atoms with Gasteiger partial charge in [0.25, 0.3) is 0 Å². The first-order valence-corrected chi connectivity index (χ1v) is 9.62. The molecule has 2 N–H and O–H groups in total. The molecule has 154 valence electrons. The molecule has 1 heterocycles. The highest BCUT2D eigenvalue weighted by atomic mass is 16.5. The second-order valence-electron chi connectivity index (χ2n) is 7.07. The number of hydrogen-bond acceptors (Lipinski definition) is 6. The number of carboxylic acids is 1. The molecule has 8 nitrogen and oxygen atoms in total.